The molecular weight excluding hydrogens is 342 g/mol. The third-order valence-electron chi connectivity index (χ3n) is 3.46. The first-order valence-corrected chi connectivity index (χ1v) is 8.62. The summed E-state index contributed by atoms with van der Waals surface area (Å²) >= 11 is 7.51. The zero-order valence-electron chi connectivity index (χ0n) is 12.5. The number of benzene rings is 2. The van der Waals surface area contributed by atoms with Crippen molar-refractivity contribution in [2.75, 3.05) is 0 Å². The smallest absolute Gasteiger partial charge is 0.247 e. The molecule has 0 saturated carbocycles. The van der Waals surface area contributed by atoms with Crippen LogP contribution in [-0.2, 0) is 6.42 Å². The van der Waals surface area contributed by atoms with E-state index in [1.165, 1.54) is 0 Å². The molecule has 0 N–H and O–H groups in total. The van der Waals surface area contributed by atoms with Crippen molar-refractivity contribution in [2.45, 2.75) is 6.42 Å². The predicted molar refractivity (Wildman–Crippen MR) is 95.1 cm³/mol. The summed E-state index contributed by atoms with van der Waals surface area (Å²) in [5.41, 5.74) is 2.87. The van der Waals surface area contributed by atoms with Gasteiger partial charge in [0.2, 0.25) is 11.8 Å². The molecule has 118 valence electrons. The Kier molecular flexibility index (Phi) is 4.11. The Balaban J connectivity index is 1.52. The van der Waals surface area contributed by atoms with Crippen LogP contribution in [0.4, 0.5) is 0 Å². The molecule has 4 rings (SSSR count). The molecule has 0 unspecified atom stereocenters. The maximum atomic E-state index is 5.92. The standard InChI is InChI=1S/C18H12ClN3OS/c19-14-8-6-13(7-9-14)18-20-15(11-24-18)10-16-21-22-17(23-16)12-4-2-1-3-5-12/h1-9,11H,10H2. The van der Waals surface area contributed by atoms with Crippen LogP contribution in [-0.4, -0.2) is 15.2 Å². The van der Waals surface area contributed by atoms with Crippen molar-refractivity contribution in [3.05, 3.63) is 76.6 Å². The molecule has 4 nitrogen and oxygen atoms in total. The van der Waals surface area contributed by atoms with Crippen LogP contribution < -0.4 is 0 Å². The molecule has 6 heteroatoms. The predicted octanol–water partition coefficient (Wildman–Crippen LogP) is 5.10. The molecule has 2 aromatic heterocycles. The quantitative estimate of drug-likeness (QED) is 0.512. The van der Waals surface area contributed by atoms with E-state index < -0.39 is 0 Å². The highest BCUT2D eigenvalue weighted by molar-refractivity contribution is 7.13. The second-order valence-corrected chi connectivity index (χ2v) is 6.49. The first-order chi connectivity index (χ1) is 11.8. The highest BCUT2D eigenvalue weighted by atomic mass is 35.5. The highest BCUT2D eigenvalue weighted by Crippen LogP contribution is 2.26. The molecule has 0 spiro atoms. The SMILES string of the molecule is Clc1ccc(-c2nc(Cc3nnc(-c4ccccc4)o3)cs2)cc1. The Hall–Kier alpha value is -2.50. The van der Waals surface area contributed by atoms with Crippen molar-refractivity contribution in [2.24, 2.45) is 0 Å². The number of halogens is 1. The van der Waals surface area contributed by atoms with Crippen LogP contribution in [0, 0.1) is 0 Å². The minimum Gasteiger partial charge on any atom is -0.420 e. The zero-order valence-corrected chi connectivity index (χ0v) is 14.1. The average Bonchev–Trinajstić information content (AvgIpc) is 3.27. The molecule has 0 atom stereocenters. The lowest BCUT2D eigenvalue weighted by Gasteiger charge is -1.96. The van der Waals surface area contributed by atoms with Crippen LogP contribution >= 0.6 is 22.9 Å². The van der Waals surface area contributed by atoms with E-state index in [1.807, 2.05) is 60.0 Å². The van der Waals surface area contributed by atoms with Crippen LogP contribution in [0.1, 0.15) is 11.6 Å². The number of thiazole rings is 1. The van der Waals surface area contributed by atoms with Crippen LogP contribution in [0.3, 0.4) is 0 Å². The van der Waals surface area contributed by atoms with Gasteiger partial charge >= 0.3 is 0 Å². The molecule has 0 bridgehead atoms. The van der Waals surface area contributed by atoms with E-state index in [9.17, 15) is 0 Å². The molecular formula is C18H12ClN3OS. The van der Waals surface area contributed by atoms with Crippen molar-refractivity contribution < 1.29 is 4.42 Å². The lowest BCUT2D eigenvalue weighted by atomic mass is 10.2. The van der Waals surface area contributed by atoms with Gasteiger partial charge in [-0.3, -0.25) is 0 Å². The zero-order chi connectivity index (χ0) is 16.4. The largest absolute Gasteiger partial charge is 0.420 e. The summed E-state index contributed by atoms with van der Waals surface area (Å²) in [6.07, 6.45) is 0.518. The molecule has 4 aromatic rings. The molecule has 0 amide bonds. The fourth-order valence-electron chi connectivity index (χ4n) is 2.29. The summed E-state index contributed by atoms with van der Waals surface area (Å²) in [6.45, 7) is 0. The summed E-state index contributed by atoms with van der Waals surface area (Å²) < 4.78 is 5.73. The first-order valence-electron chi connectivity index (χ1n) is 7.36. The Labute approximate surface area is 147 Å². The van der Waals surface area contributed by atoms with Gasteiger partial charge in [-0.25, -0.2) is 4.98 Å². The maximum absolute atomic E-state index is 5.92. The highest BCUT2D eigenvalue weighted by Gasteiger charge is 2.11. The summed E-state index contributed by atoms with van der Waals surface area (Å²) in [6, 6.07) is 17.4. The van der Waals surface area contributed by atoms with E-state index in [2.05, 4.69) is 15.2 Å². The topological polar surface area (TPSA) is 51.8 Å². The second kappa shape index (κ2) is 6.55. The monoisotopic (exact) mass is 353 g/mol. The second-order valence-electron chi connectivity index (χ2n) is 5.19. The van der Waals surface area contributed by atoms with Gasteiger partial charge in [-0.05, 0) is 24.3 Å². The fourth-order valence-corrected chi connectivity index (χ4v) is 3.24. The summed E-state index contributed by atoms with van der Waals surface area (Å²) in [5.74, 6) is 1.08. The van der Waals surface area contributed by atoms with Crippen molar-refractivity contribution in [3.8, 4) is 22.0 Å². The molecule has 2 heterocycles. The molecule has 24 heavy (non-hydrogen) atoms. The summed E-state index contributed by atoms with van der Waals surface area (Å²) in [5, 5.41) is 11.9. The van der Waals surface area contributed by atoms with Gasteiger partial charge < -0.3 is 4.42 Å². The lowest BCUT2D eigenvalue weighted by Crippen LogP contribution is -1.88. The molecule has 2 aromatic carbocycles. The normalized spacial score (nSPS) is 10.9. The molecule has 0 aliphatic carbocycles. The van der Waals surface area contributed by atoms with Crippen LogP contribution in [0.15, 0.2) is 64.4 Å². The Morgan fingerprint density at radius 1 is 0.917 bits per heavy atom. The average molecular weight is 354 g/mol. The van der Waals surface area contributed by atoms with Gasteiger partial charge in [-0.15, -0.1) is 21.5 Å². The van der Waals surface area contributed by atoms with E-state index in [1.54, 1.807) is 11.3 Å². The number of aromatic nitrogens is 3. The molecule has 0 fully saturated rings. The first kappa shape index (κ1) is 15.1. The van der Waals surface area contributed by atoms with Crippen molar-refractivity contribution in [1.82, 2.24) is 15.2 Å². The van der Waals surface area contributed by atoms with Crippen molar-refractivity contribution >= 4 is 22.9 Å². The number of rotatable bonds is 4. The van der Waals surface area contributed by atoms with E-state index in [0.717, 1.165) is 26.9 Å². The van der Waals surface area contributed by atoms with Crippen molar-refractivity contribution in [1.29, 1.82) is 0 Å². The lowest BCUT2D eigenvalue weighted by molar-refractivity contribution is 0.516. The van der Waals surface area contributed by atoms with Gasteiger partial charge in [0.05, 0.1) is 12.1 Å². The van der Waals surface area contributed by atoms with Gasteiger partial charge in [0.15, 0.2) is 0 Å². The van der Waals surface area contributed by atoms with Crippen LogP contribution in [0.5, 0.6) is 0 Å². The minimum atomic E-state index is 0.518. The van der Waals surface area contributed by atoms with E-state index >= 15 is 0 Å². The maximum Gasteiger partial charge on any atom is 0.247 e. The number of nitrogens with zero attached hydrogens (tertiary/aromatic N) is 3. The van der Waals surface area contributed by atoms with Gasteiger partial charge in [0, 0.05) is 21.5 Å². The summed E-state index contributed by atoms with van der Waals surface area (Å²) in [4.78, 5) is 4.64. The van der Waals surface area contributed by atoms with E-state index in [-0.39, 0.29) is 0 Å². The molecule has 0 aliphatic rings. The Morgan fingerprint density at radius 3 is 2.50 bits per heavy atom. The Morgan fingerprint density at radius 2 is 1.71 bits per heavy atom. The van der Waals surface area contributed by atoms with Crippen molar-refractivity contribution in [3.63, 3.8) is 0 Å². The van der Waals surface area contributed by atoms with Crippen LogP contribution in [0.2, 0.25) is 5.02 Å². The molecule has 0 radical (unpaired) electrons. The van der Waals surface area contributed by atoms with E-state index in [0.29, 0.717) is 18.2 Å². The number of hydrogen-bond donors (Lipinski definition) is 0. The van der Waals surface area contributed by atoms with Gasteiger partial charge in [0.25, 0.3) is 0 Å². The van der Waals surface area contributed by atoms with Crippen LogP contribution in [0.25, 0.3) is 22.0 Å². The van der Waals surface area contributed by atoms with E-state index in [4.69, 9.17) is 16.0 Å². The Bertz CT molecular complexity index is 948. The van der Waals surface area contributed by atoms with Gasteiger partial charge in [-0.1, -0.05) is 41.9 Å². The molecule has 0 aliphatic heterocycles. The third-order valence-corrected chi connectivity index (χ3v) is 4.66. The fraction of sp³-hybridized carbons (Fsp3) is 0.0556. The van der Waals surface area contributed by atoms with Gasteiger partial charge in [0.1, 0.15) is 5.01 Å². The molecule has 0 saturated heterocycles. The van der Waals surface area contributed by atoms with Gasteiger partial charge in [-0.2, -0.15) is 0 Å². The summed E-state index contributed by atoms with van der Waals surface area (Å²) in [7, 11) is 0. The number of hydrogen-bond acceptors (Lipinski definition) is 5. The minimum absolute atomic E-state index is 0.518. The third kappa shape index (κ3) is 3.22.